The van der Waals surface area contributed by atoms with E-state index in [0.717, 1.165) is 48.7 Å². The Morgan fingerprint density at radius 3 is 2.76 bits per heavy atom. The molecule has 0 spiro atoms. The summed E-state index contributed by atoms with van der Waals surface area (Å²) >= 11 is 0. The van der Waals surface area contributed by atoms with Crippen LogP contribution in [0.2, 0.25) is 0 Å². The van der Waals surface area contributed by atoms with Gasteiger partial charge in [-0.15, -0.1) is 0 Å². The van der Waals surface area contributed by atoms with Crippen molar-refractivity contribution in [2.75, 3.05) is 19.0 Å². The van der Waals surface area contributed by atoms with Gasteiger partial charge in [-0.1, -0.05) is 0 Å². The summed E-state index contributed by atoms with van der Waals surface area (Å²) in [5, 5.41) is 2.81. The van der Waals surface area contributed by atoms with Crippen LogP contribution in [0.3, 0.4) is 0 Å². The SMILES string of the molecule is Nc1cc(CC2CCC(NC(=O)OCCF)CC2)c2nccnc2c1. The van der Waals surface area contributed by atoms with Gasteiger partial charge in [0.15, 0.2) is 0 Å². The van der Waals surface area contributed by atoms with Crippen LogP contribution in [0.1, 0.15) is 31.2 Å². The first-order chi connectivity index (χ1) is 12.2. The van der Waals surface area contributed by atoms with Crippen LogP contribution in [0.5, 0.6) is 0 Å². The highest BCUT2D eigenvalue weighted by molar-refractivity contribution is 5.81. The fraction of sp³-hybridized carbons (Fsp3) is 0.500. The fourth-order valence-electron chi connectivity index (χ4n) is 3.49. The maximum Gasteiger partial charge on any atom is 0.407 e. The number of rotatable bonds is 5. The molecule has 0 atom stereocenters. The molecule has 1 aromatic carbocycles. The molecule has 6 nitrogen and oxygen atoms in total. The summed E-state index contributed by atoms with van der Waals surface area (Å²) < 4.78 is 16.7. The lowest BCUT2D eigenvalue weighted by Crippen LogP contribution is -2.38. The molecule has 1 aliphatic rings. The third-order valence-corrected chi connectivity index (χ3v) is 4.66. The van der Waals surface area contributed by atoms with Crippen LogP contribution >= 0.6 is 0 Å². The van der Waals surface area contributed by atoms with Crippen LogP contribution in [-0.2, 0) is 11.2 Å². The average molecular weight is 346 g/mol. The van der Waals surface area contributed by atoms with E-state index >= 15 is 0 Å². The third kappa shape index (κ3) is 4.55. The number of alkyl halides is 1. The first-order valence-corrected chi connectivity index (χ1v) is 8.64. The standard InChI is InChI=1S/C18H23FN4O2/c19-5-8-25-18(24)23-15-3-1-12(2-4-15)9-13-10-14(20)11-16-17(13)22-7-6-21-16/h6-7,10-12,15H,1-5,8-9,20H2,(H,23,24). The quantitative estimate of drug-likeness (QED) is 0.812. The lowest BCUT2D eigenvalue weighted by atomic mass is 9.82. The molecule has 1 heterocycles. The van der Waals surface area contributed by atoms with Gasteiger partial charge in [0.25, 0.3) is 0 Å². The molecule has 1 saturated carbocycles. The Labute approximate surface area is 146 Å². The van der Waals surface area contributed by atoms with E-state index in [9.17, 15) is 9.18 Å². The van der Waals surface area contributed by atoms with Crippen molar-refractivity contribution in [2.45, 2.75) is 38.1 Å². The second-order valence-electron chi connectivity index (χ2n) is 6.50. The van der Waals surface area contributed by atoms with Gasteiger partial charge in [-0.2, -0.15) is 0 Å². The van der Waals surface area contributed by atoms with Gasteiger partial charge in [-0.25, -0.2) is 9.18 Å². The number of nitrogens with two attached hydrogens (primary N) is 1. The van der Waals surface area contributed by atoms with Gasteiger partial charge in [-0.3, -0.25) is 9.97 Å². The number of ether oxygens (including phenoxy) is 1. The number of aromatic nitrogens is 2. The summed E-state index contributed by atoms with van der Waals surface area (Å²) in [6.07, 6.45) is 7.53. The number of halogens is 1. The van der Waals surface area contributed by atoms with Crippen molar-refractivity contribution in [3.63, 3.8) is 0 Å². The van der Waals surface area contributed by atoms with Crippen LogP contribution in [0.25, 0.3) is 11.0 Å². The van der Waals surface area contributed by atoms with Crippen LogP contribution in [-0.4, -0.2) is 35.4 Å². The Hall–Kier alpha value is -2.44. The second kappa shape index (κ2) is 8.09. The molecule has 1 aromatic heterocycles. The number of hydrogen-bond acceptors (Lipinski definition) is 5. The minimum Gasteiger partial charge on any atom is -0.447 e. The predicted octanol–water partition coefficient (Wildman–Crippen LogP) is 3.01. The summed E-state index contributed by atoms with van der Waals surface area (Å²) in [4.78, 5) is 20.3. The van der Waals surface area contributed by atoms with Gasteiger partial charge < -0.3 is 15.8 Å². The second-order valence-corrected chi connectivity index (χ2v) is 6.50. The first kappa shape index (κ1) is 17.4. The number of amides is 1. The van der Waals surface area contributed by atoms with E-state index in [1.165, 1.54) is 0 Å². The average Bonchev–Trinajstić information content (AvgIpc) is 2.61. The number of nitrogen functional groups attached to an aromatic ring is 1. The largest absolute Gasteiger partial charge is 0.447 e. The van der Waals surface area contributed by atoms with Crippen LogP contribution in [0, 0.1) is 5.92 Å². The Morgan fingerprint density at radius 2 is 2.00 bits per heavy atom. The van der Waals surface area contributed by atoms with Crippen molar-refractivity contribution >= 4 is 22.8 Å². The lowest BCUT2D eigenvalue weighted by molar-refractivity contribution is 0.129. The number of carbonyl (C=O) groups is 1. The molecule has 25 heavy (non-hydrogen) atoms. The minimum absolute atomic E-state index is 0.0979. The molecule has 0 saturated heterocycles. The van der Waals surface area contributed by atoms with Crippen molar-refractivity contribution in [3.05, 3.63) is 30.1 Å². The Balaban J connectivity index is 1.57. The number of hydrogen-bond donors (Lipinski definition) is 2. The van der Waals surface area contributed by atoms with E-state index in [2.05, 4.69) is 15.3 Å². The molecule has 1 fully saturated rings. The molecule has 3 rings (SSSR count). The monoisotopic (exact) mass is 346 g/mol. The van der Waals surface area contributed by atoms with Crippen molar-refractivity contribution in [1.82, 2.24) is 15.3 Å². The van der Waals surface area contributed by atoms with E-state index in [1.807, 2.05) is 12.1 Å². The molecule has 0 bridgehead atoms. The molecule has 1 amide bonds. The maximum absolute atomic E-state index is 12.0. The molecule has 1 aliphatic carbocycles. The Morgan fingerprint density at radius 1 is 1.24 bits per heavy atom. The van der Waals surface area contributed by atoms with E-state index in [-0.39, 0.29) is 12.6 Å². The predicted molar refractivity (Wildman–Crippen MR) is 93.9 cm³/mol. The number of nitrogens with zero attached hydrogens (tertiary/aromatic N) is 2. The number of fused-ring (bicyclic) bond motifs is 1. The zero-order valence-corrected chi connectivity index (χ0v) is 14.1. The molecule has 0 radical (unpaired) electrons. The first-order valence-electron chi connectivity index (χ1n) is 8.64. The molecule has 3 N–H and O–H groups in total. The van der Waals surface area contributed by atoms with Crippen LogP contribution in [0.4, 0.5) is 14.9 Å². The van der Waals surface area contributed by atoms with E-state index in [4.69, 9.17) is 10.5 Å². The molecule has 0 unspecified atom stereocenters. The zero-order chi connectivity index (χ0) is 17.6. The molecule has 2 aromatic rings. The number of alkyl carbamates (subject to hydrolysis) is 1. The number of anilines is 1. The summed E-state index contributed by atoms with van der Waals surface area (Å²) in [5.41, 5.74) is 9.55. The topological polar surface area (TPSA) is 90.1 Å². The van der Waals surface area contributed by atoms with Gasteiger partial charge in [0.05, 0.1) is 11.0 Å². The van der Waals surface area contributed by atoms with Gasteiger partial charge in [0.1, 0.15) is 13.3 Å². The molecular formula is C18H23FN4O2. The third-order valence-electron chi connectivity index (χ3n) is 4.66. The normalized spacial score (nSPS) is 20.4. The van der Waals surface area contributed by atoms with Crippen LogP contribution < -0.4 is 11.1 Å². The zero-order valence-electron chi connectivity index (χ0n) is 14.1. The number of benzene rings is 1. The highest BCUT2D eigenvalue weighted by atomic mass is 19.1. The van der Waals surface area contributed by atoms with E-state index < -0.39 is 12.8 Å². The molecule has 0 aliphatic heterocycles. The van der Waals surface area contributed by atoms with Crippen LogP contribution in [0.15, 0.2) is 24.5 Å². The van der Waals surface area contributed by atoms with Gasteiger partial charge in [-0.05, 0) is 55.7 Å². The van der Waals surface area contributed by atoms with Crippen molar-refractivity contribution < 1.29 is 13.9 Å². The highest BCUT2D eigenvalue weighted by Crippen LogP contribution is 2.30. The van der Waals surface area contributed by atoms with E-state index in [1.54, 1.807) is 12.4 Å². The smallest absolute Gasteiger partial charge is 0.407 e. The summed E-state index contributed by atoms with van der Waals surface area (Å²) in [6.45, 7) is -0.845. The van der Waals surface area contributed by atoms with Gasteiger partial charge in [0.2, 0.25) is 0 Å². The summed E-state index contributed by atoms with van der Waals surface area (Å²) in [7, 11) is 0. The summed E-state index contributed by atoms with van der Waals surface area (Å²) in [6, 6.07) is 3.92. The fourth-order valence-corrected chi connectivity index (χ4v) is 3.49. The van der Waals surface area contributed by atoms with Crippen molar-refractivity contribution in [3.8, 4) is 0 Å². The maximum atomic E-state index is 12.0. The highest BCUT2D eigenvalue weighted by Gasteiger charge is 2.23. The Kier molecular flexibility index (Phi) is 5.63. The molecule has 134 valence electrons. The Bertz CT molecular complexity index is 732. The minimum atomic E-state index is -0.656. The van der Waals surface area contributed by atoms with Crippen molar-refractivity contribution in [2.24, 2.45) is 5.92 Å². The number of carbonyl (C=O) groups excluding carboxylic acids is 1. The van der Waals surface area contributed by atoms with Gasteiger partial charge >= 0.3 is 6.09 Å². The number of nitrogens with one attached hydrogen (secondary N) is 1. The summed E-state index contributed by atoms with van der Waals surface area (Å²) in [5.74, 6) is 0.520. The van der Waals surface area contributed by atoms with Gasteiger partial charge in [0, 0.05) is 24.1 Å². The molecular weight excluding hydrogens is 323 g/mol. The lowest BCUT2D eigenvalue weighted by Gasteiger charge is -2.29. The van der Waals surface area contributed by atoms with Crippen molar-refractivity contribution in [1.29, 1.82) is 0 Å². The van der Waals surface area contributed by atoms with E-state index in [0.29, 0.717) is 11.6 Å². The molecule has 7 heteroatoms.